The van der Waals surface area contributed by atoms with E-state index in [2.05, 4.69) is 23.1 Å². The molecule has 0 bridgehead atoms. The number of nitrogens with two attached hydrogens (primary N) is 1. The fourth-order valence-corrected chi connectivity index (χ4v) is 1.07. The van der Waals surface area contributed by atoms with Crippen LogP contribution in [-0.2, 0) is 0 Å². The van der Waals surface area contributed by atoms with Crippen LogP contribution in [0.4, 0.5) is 5.82 Å². The van der Waals surface area contributed by atoms with E-state index < -0.39 is 0 Å². The number of hydrogen-bond acceptors (Lipinski definition) is 2. The van der Waals surface area contributed by atoms with Crippen molar-refractivity contribution in [3.63, 3.8) is 0 Å². The maximum absolute atomic E-state index is 4.09. The van der Waals surface area contributed by atoms with Crippen LogP contribution in [0.15, 0.2) is 18.7 Å². The van der Waals surface area contributed by atoms with E-state index >= 15 is 0 Å². The van der Waals surface area contributed by atoms with Crippen molar-refractivity contribution < 1.29 is 5.32 Å². The summed E-state index contributed by atoms with van der Waals surface area (Å²) in [4.78, 5) is 8.03. The summed E-state index contributed by atoms with van der Waals surface area (Å²) in [6.45, 7) is 2.06. The Labute approximate surface area is 58.8 Å². The molecule has 3 nitrogen and oxygen atoms in total. The Morgan fingerprint density at radius 2 is 2.40 bits per heavy atom. The molecule has 1 aromatic heterocycles. The van der Waals surface area contributed by atoms with Crippen LogP contribution in [0.25, 0.3) is 5.57 Å². The first-order valence-corrected chi connectivity index (χ1v) is 3.20. The topological polar surface area (TPSA) is 42.4 Å². The molecule has 2 rings (SSSR count). The lowest BCUT2D eigenvalue weighted by molar-refractivity contribution is -0.496. The van der Waals surface area contributed by atoms with Gasteiger partial charge in [0.15, 0.2) is 0 Å². The minimum Gasteiger partial charge on any atom is -0.270 e. The van der Waals surface area contributed by atoms with Crippen molar-refractivity contribution in [2.24, 2.45) is 0 Å². The number of aromatic nitrogens is 2. The summed E-state index contributed by atoms with van der Waals surface area (Å²) in [6.07, 6.45) is 5.47. The standard InChI is InChI=1S/C7H7N3/c1-5-2-9-7-6(5)3-8-4-10-7/h2-4H,1H3,(H,8,9,10)/p+1. The van der Waals surface area contributed by atoms with Crippen LogP contribution >= 0.6 is 0 Å². The second-order valence-electron chi connectivity index (χ2n) is 2.34. The highest BCUT2D eigenvalue weighted by Gasteiger charge is 2.15. The quantitative estimate of drug-likeness (QED) is 0.544. The summed E-state index contributed by atoms with van der Waals surface area (Å²) in [5.74, 6) is 1.03. The molecule has 10 heavy (non-hydrogen) atoms. The maximum Gasteiger partial charge on any atom is 0.239 e. The van der Waals surface area contributed by atoms with Crippen LogP contribution in [0, 0.1) is 0 Å². The normalized spacial score (nSPS) is 14.7. The molecule has 0 amide bonds. The van der Waals surface area contributed by atoms with Gasteiger partial charge in [0.05, 0.1) is 5.56 Å². The predicted molar refractivity (Wildman–Crippen MR) is 37.3 cm³/mol. The summed E-state index contributed by atoms with van der Waals surface area (Å²) in [7, 11) is 0. The van der Waals surface area contributed by atoms with Gasteiger partial charge in [0, 0.05) is 11.8 Å². The molecule has 0 atom stereocenters. The van der Waals surface area contributed by atoms with Gasteiger partial charge in [-0.25, -0.2) is 4.98 Å². The van der Waals surface area contributed by atoms with E-state index in [0.717, 1.165) is 11.4 Å². The lowest BCUT2D eigenvalue weighted by Gasteiger charge is -1.90. The molecular weight excluding hydrogens is 126 g/mol. The highest BCUT2D eigenvalue weighted by Crippen LogP contribution is 2.18. The third-order valence-corrected chi connectivity index (χ3v) is 1.66. The van der Waals surface area contributed by atoms with Crippen LogP contribution in [0.2, 0.25) is 0 Å². The molecule has 1 aromatic rings. The van der Waals surface area contributed by atoms with Crippen molar-refractivity contribution in [1.82, 2.24) is 9.97 Å². The van der Waals surface area contributed by atoms with Gasteiger partial charge in [-0.3, -0.25) is 5.32 Å². The van der Waals surface area contributed by atoms with E-state index in [0.29, 0.717) is 0 Å². The molecule has 0 spiro atoms. The Morgan fingerprint density at radius 1 is 1.50 bits per heavy atom. The van der Waals surface area contributed by atoms with Gasteiger partial charge in [-0.1, -0.05) is 0 Å². The second kappa shape index (κ2) is 1.88. The molecule has 0 radical (unpaired) electrons. The molecule has 0 saturated heterocycles. The minimum atomic E-state index is 1.03. The minimum absolute atomic E-state index is 1.03. The molecule has 0 aliphatic carbocycles. The van der Waals surface area contributed by atoms with Crippen molar-refractivity contribution in [3.8, 4) is 0 Å². The summed E-state index contributed by atoms with van der Waals surface area (Å²) >= 11 is 0. The van der Waals surface area contributed by atoms with Gasteiger partial charge >= 0.3 is 0 Å². The van der Waals surface area contributed by atoms with E-state index in [4.69, 9.17) is 0 Å². The van der Waals surface area contributed by atoms with Gasteiger partial charge in [0.2, 0.25) is 5.82 Å². The van der Waals surface area contributed by atoms with Crippen molar-refractivity contribution in [2.45, 2.75) is 6.92 Å². The second-order valence-corrected chi connectivity index (χ2v) is 2.34. The number of rotatable bonds is 0. The van der Waals surface area contributed by atoms with Gasteiger partial charge < -0.3 is 0 Å². The Morgan fingerprint density at radius 3 is 3.20 bits per heavy atom. The highest BCUT2D eigenvalue weighted by molar-refractivity contribution is 5.70. The Balaban J connectivity index is 2.61. The molecule has 0 saturated carbocycles. The van der Waals surface area contributed by atoms with Crippen LogP contribution in [0.3, 0.4) is 0 Å². The zero-order valence-corrected chi connectivity index (χ0v) is 5.70. The smallest absolute Gasteiger partial charge is 0.239 e. The van der Waals surface area contributed by atoms with Gasteiger partial charge in [0.1, 0.15) is 12.5 Å². The molecule has 0 aromatic carbocycles. The number of quaternary nitrogens is 1. The van der Waals surface area contributed by atoms with E-state index in [1.165, 1.54) is 5.57 Å². The fourth-order valence-electron chi connectivity index (χ4n) is 1.07. The lowest BCUT2D eigenvalue weighted by atomic mass is 10.2. The summed E-state index contributed by atoms with van der Waals surface area (Å²) in [5, 5.41) is 2.01. The Bertz CT molecular complexity index is 291. The van der Waals surface area contributed by atoms with Crippen LogP contribution < -0.4 is 5.32 Å². The van der Waals surface area contributed by atoms with E-state index in [1.807, 2.05) is 11.5 Å². The van der Waals surface area contributed by atoms with E-state index in [-0.39, 0.29) is 0 Å². The lowest BCUT2D eigenvalue weighted by Crippen LogP contribution is -2.70. The largest absolute Gasteiger partial charge is 0.270 e. The average molecular weight is 134 g/mol. The SMILES string of the molecule is CC1=C[NH2+]c2ncncc21. The predicted octanol–water partition coefficient (Wildman–Crippen LogP) is 0.0459. The summed E-state index contributed by atoms with van der Waals surface area (Å²) in [5.41, 5.74) is 2.40. The van der Waals surface area contributed by atoms with Gasteiger partial charge in [-0.05, 0) is 6.92 Å². The third kappa shape index (κ3) is 0.642. The molecule has 1 aliphatic rings. The third-order valence-electron chi connectivity index (χ3n) is 1.66. The maximum atomic E-state index is 4.09. The summed E-state index contributed by atoms with van der Waals surface area (Å²) < 4.78 is 0. The van der Waals surface area contributed by atoms with E-state index in [1.54, 1.807) is 6.33 Å². The first kappa shape index (κ1) is 5.56. The number of hydrogen-bond donors (Lipinski definition) is 1. The van der Waals surface area contributed by atoms with Crippen molar-refractivity contribution in [3.05, 3.63) is 24.3 Å². The first-order valence-electron chi connectivity index (χ1n) is 3.20. The zero-order valence-electron chi connectivity index (χ0n) is 5.70. The van der Waals surface area contributed by atoms with E-state index in [9.17, 15) is 0 Å². The molecule has 2 heterocycles. The Kier molecular flexibility index (Phi) is 1.05. The van der Waals surface area contributed by atoms with Gasteiger partial charge in [-0.15, -0.1) is 0 Å². The van der Waals surface area contributed by atoms with Crippen molar-refractivity contribution >= 4 is 11.4 Å². The Hall–Kier alpha value is -1.22. The number of fused-ring (bicyclic) bond motifs is 1. The molecule has 1 aliphatic heterocycles. The molecule has 50 valence electrons. The molecule has 0 unspecified atom stereocenters. The average Bonchev–Trinajstić information content (AvgIpc) is 2.34. The van der Waals surface area contributed by atoms with Gasteiger partial charge in [-0.2, -0.15) is 4.98 Å². The highest BCUT2D eigenvalue weighted by atomic mass is 15.0. The van der Waals surface area contributed by atoms with Crippen molar-refractivity contribution in [1.29, 1.82) is 0 Å². The number of nitrogens with zero attached hydrogens (tertiary/aromatic N) is 2. The molecular formula is C7H8N3+. The monoisotopic (exact) mass is 134 g/mol. The molecule has 2 N–H and O–H groups in total. The van der Waals surface area contributed by atoms with Crippen LogP contribution in [-0.4, -0.2) is 9.97 Å². The van der Waals surface area contributed by atoms with Crippen LogP contribution in [0.1, 0.15) is 12.5 Å². The molecule has 3 heteroatoms. The fraction of sp³-hybridized carbons (Fsp3) is 0.143. The van der Waals surface area contributed by atoms with Crippen LogP contribution in [0.5, 0.6) is 0 Å². The zero-order chi connectivity index (χ0) is 6.97. The number of allylic oxidation sites excluding steroid dienone is 1. The van der Waals surface area contributed by atoms with Gasteiger partial charge in [0.25, 0.3) is 0 Å². The summed E-state index contributed by atoms with van der Waals surface area (Å²) in [6, 6.07) is 0. The van der Waals surface area contributed by atoms with Crippen molar-refractivity contribution in [2.75, 3.05) is 0 Å². The first-order chi connectivity index (χ1) is 4.88. The molecule has 0 fully saturated rings.